The molecule has 0 heterocycles. The average Bonchev–Trinajstić information content (AvgIpc) is 2.39. The second-order valence-corrected chi connectivity index (χ2v) is 5.28. The van der Waals surface area contributed by atoms with E-state index in [4.69, 9.17) is 16.9 Å². The predicted octanol–water partition coefficient (Wildman–Crippen LogP) is 4.86. The lowest BCUT2D eigenvalue weighted by atomic mass is 10.1. The predicted molar refractivity (Wildman–Crippen MR) is 77.6 cm³/mol. The molecular formula is C14H8BrClF2N2. The van der Waals surface area contributed by atoms with Crippen molar-refractivity contribution in [3.05, 3.63) is 62.6 Å². The van der Waals surface area contributed by atoms with Gasteiger partial charge in [0.05, 0.1) is 22.3 Å². The van der Waals surface area contributed by atoms with E-state index in [9.17, 15) is 8.78 Å². The van der Waals surface area contributed by atoms with Crippen LogP contribution in [0.1, 0.15) is 11.1 Å². The van der Waals surface area contributed by atoms with Gasteiger partial charge in [0.25, 0.3) is 0 Å². The molecule has 0 aliphatic carbocycles. The van der Waals surface area contributed by atoms with Crippen molar-refractivity contribution < 1.29 is 8.78 Å². The van der Waals surface area contributed by atoms with Gasteiger partial charge in [-0.1, -0.05) is 11.6 Å². The van der Waals surface area contributed by atoms with E-state index in [0.29, 0.717) is 21.3 Å². The van der Waals surface area contributed by atoms with Crippen molar-refractivity contribution in [3.63, 3.8) is 0 Å². The van der Waals surface area contributed by atoms with E-state index in [-0.39, 0.29) is 11.6 Å². The summed E-state index contributed by atoms with van der Waals surface area (Å²) in [6.07, 6.45) is 0. The largest absolute Gasteiger partial charge is 0.379 e. The van der Waals surface area contributed by atoms with Crippen LogP contribution in [0.15, 0.2) is 34.8 Å². The quantitative estimate of drug-likeness (QED) is 0.851. The van der Waals surface area contributed by atoms with Crippen LogP contribution in [0.5, 0.6) is 0 Å². The topological polar surface area (TPSA) is 35.8 Å². The van der Waals surface area contributed by atoms with Gasteiger partial charge in [-0.25, -0.2) is 8.78 Å². The molecule has 0 radical (unpaired) electrons. The van der Waals surface area contributed by atoms with Gasteiger partial charge < -0.3 is 5.32 Å². The first-order valence-electron chi connectivity index (χ1n) is 5.58. The summed E-state index contributed by atoms with van der Waals surface area (Å²) >= 11 is 9.11. The minimum absolute atomic E-state index is 0.130. The van der Waals surface area contributed by atoms with Crippen LogP contribution in [-0.2, 0) is 6.54 Å². The Kier molecular flexibility index (Phi) is 4.58. The molecule has 0 amide bonds. The van der Waals surface area contributed by atoms with Gasteiger partial charge in [0.1, 0.15) is 11.6 Å². The number of nitrogens with zero attached hydrogens (tertiary/aromatic N) is 1. The van der Waals surface area contributed by atoms with Gasteiger partial charge in [0.2, 0.25) is 0 Å². The fraction of sp³-hybridized carbons (Fsp3) is 0.0714. The van der Waals surface area contributed by atoms with Gasteiger partial charge in [-0.2, -0.15) is 5.26 Å². The highest BCUT2D eigenvalue weighted by atomic mass is 79.9. The van der Waals surface area contributed by atoms with E-state index in [2.05, 4.69) is 21.2 Å². The molecule has 2 aromatic rings. The average molecular weight is 358 g/mol. The molecule has 0 aliphatic heterocycles. The Labute approximate surface area is 128 Å². The maximum Gasteiger partial charge on any atom is 0.128 e. The highest BCUT2D eigenvalue weighted by Gasteiger charge is 2.09. The van der Waals surface area contributed by atoms with Crippen LogP contribution in [0.2, 0.25) is 5.02 Å². The third-order valence-electron chi connectivity index (χ3n) is 2.64. The van der Waals surface area contributed by atoms with Gasteiger partial charge in [-0.15, -0.1) is 0 Å². The highest BCUT2D eigenvalue weighted by molar-refractivity contribution is 9.10. The van der Waals surface area contributed by atoms with Crippen molar-refractivity contribution in [2.24, 2.45) is 0 Å². The minimum Gasteiger partial charge on any atom is -0.379 e. The summed E-state index contributed by atoms with van der Waals surface area (Å²) in [4.78, 5) is 0. The molecule has 2 aromatic carbocycles. The lowest BCUT2D eigenvalue weighted by Gasteiger charge is -2.11. The number of hydrogen-bond acceptors (Lipinski definition) is 2. The number of nitrogens with one attached hydrogen (secondary N) is 1. The second-order valence-electron chi connectivity index (χ2n) is 4.02. The molecule has 0 fully saturated rings. The van der Waals surface area contributed by atoms with Crippen LogP contribution < -0.4 is 5.32 Å². The molecule has 20 heavy (non-hydrogen) atoms. The molecule has 6 heteroatoms. The summed E-state index contributed by atoms with van der Waals surface area (Å²) in [6.45, 7) is 0.130. The molecular weight excluding hydrogens is 350 g/mol. The third-order valence-corrected chi connectivity index (χ3v) is 3.56. The van der Waals surface area contributed by atoms with E-state index in [1.807, 2.05) is 6.07 Å². The molecule has 2 rings (SSSR count). The van der Waals surface area contributed by atoms with Crippen molar-refractivity contribution in [1.82, 2.24) is 0 Å². The first kappa shape index (κ1) is 14.8. The zero-order valence-corrected chi connectivity index (χ0v) is 12.4. The number of anilines is 1. The highest BCUT2D eigenvalue weighted by Crippen LogP contribution is 2.32. The van der Waals surface area contributed by atoms with Crippen molar-refractivity contribution in [2.45, 2.75) is 6.54 Å². The molecule has 2 nitrogen and oxygen atoms in total. The molecule has 102 valence electrons. The van der Waals surface area contributed by atoms with E-state index in [0.717, 1.165) is 6.07 Å². The fourth-order valence-electron chi connectivity index (χ4n) is 1.67. The van der Waals surface area contributed by atoms with Gasteiger partial charge in [-0.05, 0) is 46.3 Å². The summed E-state index contributed by atoms with van der Waals surface area (Å²) in [6, 6.07) is 8.45. The lowest BCUT2D eigenvalue weighted by molar-refractivity contribution is 0.612. The number of halogens is 4. The van der Waals surface area contributed by atoms with Crippen molar-refractivity contribution in [3.8, 4) is 6.07 Å². The minimum atomic E-state index is -0.468. The van der Waals surface area contributed by atoms with Crippen LogP contribution >= 0.6 is 27.5 Å². The Balaban J connectivity index is 2.24. The fourth-order valence-corrected chi connectivity index (χ4v) is 2.63. The molecule has 0 aromatic heterocycles. The third kappa shape index (κ3) is 3.27. The van der Waals surface area contributed by atoms with Crippen molar-refractivity contribution in [2.75, 3.05) is 5.32 Å². The van der Waals surface area contributed by atoms with Gasteiger partial charge in [-0.3, -0.25) is 0 Å². The van der Waals surface area contributed by atoms with E-state index in [1.165, 1.54) is 24.3 Å². The Morgan fingerprint density at radius 2 is 2.00 bits per heavy atom. The molecule has 0 saturated carbocycles. The number of nitriles is 1. The second kappa shape index (κ2) is 6.21. The van der Waals surface area contributed by atoms with Crippen LogP contribution in [0.4, 0.5) is 14.5 Å². The number of benzene rings is 2. The molecule has 0 spiro atoms. The Hall–Kier alpha value is -1.64. The monoisotopic (exact) mass is 356 g/mol. The van der Waals surface area contributed by atoms with Crippen molar-refractivity contribution in [1.29, 1.82) is 5.26 Å². The zero-order valence-electron chi connectivity index (χ0n) is 10.1. The van der Waals surface area contributed by atoms with Crippen LogP contribution in [0.3, 0.4) is 0 Å². The Morgan fingerprint density at radius 3 is 2.65 bits per heavy atom. The molecule has 1 N–H and O–H groups in total. The number of rotatable bonds is 3. The molecule has 0 aliphatic rings. The van der Waals surface area contributed by atoms with E-state index in [1.54, 1.807) is 0 Å². The van der Waals surface area contributed by atoms with Crippen LogP contribution in [0, 0.1) is 23.0 Å². The van der Waals surface area contributed by atoms with Gasteiger partial charge >= 0.3 is 0 Å². The first-order valence-corrected chi connectivity index (χ1v) is 6.75. The SMILES string of the molecule is N#Cc1ccc(F)c(CNc2c(Cl)cc(F)cc2Br)c1. The maximum absolute atomic E-state index is 13.6. The number of hydrogen-bond donors (Lipinski definition) is 1. The Bertz CT molecular complexity index is 675. The van der Waals surface area contributed by atoms with Gasteiger partial charge in [0, 0.05) is 16.6 Å². The van der Waals surface area contributed by atoms with Gasteiger partial charge in [0.15, 0.2) is 0 Å². The van der Waals surface area contributed by atoms with E-state index >= 15 is 0 Å². The summed E-state index contributed by atoms with van der Waals surface area (Å²) in [5.74, 6) is -0.893. The van der Waals surface area contributed by atoms with Crippen LogP contribution in [-0.4, -0.2) is 0 Å². The van der Waals surface area contributed by atoms with Crippen molar-refractivity contribution >= 4 is 33.2 Å². The standard InChI is InChI=1S/C14H8BrClF2N2/c15-11-4-10(17)5-12(16)14(11)20-7-9-3-8(6-19)1-2-13(9)18/h1-5,20H,7H2. The molecule has 0 saturated heterocycles. The first-order chi connectivity index (χ1) is 9.51. The zero-order chi connectivity index (χ0) is 14.7. The summed E-state index contributed by atoms with van der Waals surface area (Å²) in [7, 11) is 0. The maximum atomic E-state index is 13.6. The molecule has 0 bridgehead atoms. The smallest absolute Gasteiger partial charge is 0.128 e. The summed E-state index contributed by atoms with van der Waals surface area (Å²) < 4.78 is 27.2. The molecule has 0 atom stereocenters. The van der Waals surface area contributed by atoms with E-state index < -0.39 is 11.6 Å². The van der Waals surface area contributed by atoms with Crippen LogP contribution in [0.25, 0.3) is 0 Å². The summed E-state index contributed by atoms with van der Waals surface area (Å²) in [5.41, 5.74) is 1.17. The summed E-state index contributed by atoms with van der Waals surface area (Å²) in [5, 5.41) is 11.9. The lowest BCUT2D eigenvalue weighted by Crippen LogP contribution is -2.03. The Morgan fingerprint density at radius 1 is 1.25 bits per heavy atom. The normalized spacial score (nSPS) is 10.2. The molecule has 0 unspecified atom stereocenters.